The van der Waals surface area contributed by atoms with Crippen LogP contribution in [0.2, 0.25) is 0 Å². The first-order chi connectivity index (χ1) is 14.3. The SMILES string of the molecule is CCNC(=NCCCCN1CCN(CC)CC1)N1CCC(Cc2ccccc2)C1. The molecule has 1 atom stereocenters. The normalized spacial score (nSPS) is 21.7. The smallest absolute Gasteiger partial charge is 0.193 e. The number of hydrogen-bond acceptors (Lipinski definition) is 3. The lowest BCUT2D eigenvalue weighted by atomic mass is 9.99. The first-order valence-corrected chi connectivity index (χ1v) is 11.8. The van der Waals surface area contributed by atoms with Crippen LogP contribution in [-0.4, -0.2) is 86.1 Å². The lowest BCUT2D eigenvalue weighted by molar-refractivity contribution is 0.136. The maximum Gasteiger partial charge on any atom is 0.193 e. The number of aliphatic imine (C=N–C) groups is 1. The van der Waals surface area contributed by atoms with Crippen molar-refractivity contribution in [3.63, 3.8) is 0 Å². The van der Waals surface area contributed by atoms with Gasteiger partial charge in [0.05, 0.1) is 0 Å². The van der Waals surface area contributed by atoms with Crippen molar-refractivity contribution in [1.82, 2.24) is 20.0 Å². The Morgan fingerprint density at radius 3 is 2.48 bits per heavy atom. The van der Waals surface area contributed by atoms with E-state index in [1.807, 2.05) is 0 Å². The third kappa shape index (κ3) is 7.31. The second-order valence-corrected chi connectivity index (χ2v) is 8.51. The number of hydrogen-bond donors (Lipinski definition) is 1. The van der Waals surface area contributed by atoms with Gasteiger partial charge in [0.15, 0.2) is 5.96 Å². The summed E-state index contributed by atoms with van der Waals surface area (Å²) in [6.45, 7) is 15.9. The molecule has 29 heavy (non-hydrogen) atoms. The first kappa shape index (κ1) is 22.1. The minimum Gasteiger partial charge on any atom is -0.357 e. The molecule has 0 bridgehead atoms. The molecule has 3 rings (SSSR count). The molecule has 0 spiro atoms. The average Bonchev–Trinajstić information content (AvgIpc) is 3.22. The van der Waals surface area contributed by atoms with E-state index in [1.54, 1.807) is 0 Å². The van der Waals surface area contributed by atoms with Crippen molar-refractivity contribution < 1.29 is 0 Å². The average molecular weight is 400 g/mol. The van der Waals surface area contributed by atoms with E-state index in [9.17, 15) is 0 Å². The third-order valence-corrected chi connectivity index (χ3v) is 6.34. The highest BCUT2D eigenvalue weighted by molar-refractivity contribution is 5.80. The molecule has 2 aliphatic rings. The van der Waals surface area contributed by atoms with Gasteiger partial charge in [-0.05, 0) is 57.2 Å². The topological polar surface area (TPSA) is 34.1 Å². The molecule has 0 amide bonds. The molecule has 2 heterocycles. The zero-order valence-electron chi connectivity index (χ0n) is 18.7. The first-order valence-electron chi connectivity index (χ1n) is 11.8. The van der Waals surface area contributed by atoms with Gasteiger partial charge in [-0.25, -0.2) is 0 Å². The lowest BCUT2D eigenvalue weighted by Gasteiger charge is -2.33. The predicted molar refractivity (Wildman–Crippen MR) is 124 cm³/mol. The molecule has 1 aromatic rings. The van der Waals surface area contributed by atoms with Gasteiger partial charge in [0.1, 0.15) is 0 Å². The van der Waals surface area contributed by atoms with Gasteiger partial charge in [-0.15, -0.1) is 0 Å². The van der Waals surface area contributed by atoms with Gasteiger partial charge >= 0.3 is 0 Å². The molecule has 2 aliphatic heterocycles. The van der Waals surface area contributed by atoms with Gasteiger partial charge < -0.3 is 20.0 Å². The molecular weight excluding hydrogens is 358 g/mol. The van der Waals surface area contributed by atoms with Crippen LogP contribution in [0.25, 0.3) is 0 Å². The zero-order chi connectivity index (χ0) is 20.3. The number of nitrogens with zero attached hydrogens (tertiary/aromatic N) is 4. The van der Waals surface area contributed by atoms with Crippen molar-refractivity contribution in [3.8, 4) is 0 Å². The summed E-state index contributed by atoms with van der Waals surface area (Å²) in [5, 5.41) is 3.52. The summed E-state index contributed by atoms with van der Waals surface area (Å²) < 4.78 is 0. The van der Waals surface area contributed by atoms with Crippen LogP contribution in [0.4, 0.5) is 0 Å². The number of likely N-dealkylation sites (tertiary alicyclic amines) is 1. The Balaban J connectivity index is 1.37. The lowest BCUT2D eigenvalue weighted by Crippen LogP contribution is -2.46. The Morgan fingerprint density at radius 2 is 1.76 bits per heavy atom. The minimum atomic E-state index is 0.739. The highest BCUT2D eigenvalue weighted by atomic mass is 15.3. The highest BCUT2D eigenvalue weighted by Crippen LogP contribution is 2.21. The second kappa shape index (κ2) is 12.2. The summed E-state index contributed by atoms with van der Waals surface area (Å²) in [4.78, 5) is 12.6. The van der Waals surface area contributed by atoms with Crippen LogP contribution in [0.5, 0.6) is 0 Å². The molecule has 162 valence electrons. The quantitative estimate of drug-likeness (QED) is 0.393. The molecule has 1 aromatic carbocycles. The van der Waals surface area contributed by atoms with E-state index in [4.69, 9.17) is 4.99 Å². The van der Waals surface area contributed by atoms with Crippen molar-refractivity contribution >= 4 is 5.96 Å². The number of unbranched alkanes of at least 4 members (excludes halogenated alkanes) is 1. The Morgan fingerprint density at radius 1 is 1.00 bits per heavy atom. The molecule has 2 saturated heterocycles. The molecule has 0 saturated carbocycles. The molecule has 0 aliphatic carbocycles. The van der Waals surface area contributed by atoms with Crippen LogP contribution in [0, 0.1) is 5.92 Å². The number of benzene rings is 1. The number of guanidine groups is 1. The number of rotatable bonds is 9. The van der Waals surface area contributed by atoms with E-state index >= 15 is 0 Å². The molecule has 1 unspecified atom stereocenters. The summed E-state index contributed by atoms with van der Waals surface area (Å²) in [6, 6.07) is 10.9. The van der Waals surface area contributed by atoms with E-state index in [-0.39, 0.29) is 0 Å². The van der Waals surface area contributed by atoms with Gasteiger partial charge in [-0.3, -0.25) is 4.99 Å². The molecule has 1 N–H and O–H groups in total. The van der Waals surface area contributed by atoms with Gasteiger partial charge in [0.2, 0.25) is 0 Å². The van der Waals surface area contributed by atoms with Crippen LogP contribution in [0.3, 0.4) is 0 Å². The van der Waals surface area contributed by atoms with E-state index < -0.39 is 0 Å². The fourth-order valence-corrected chi connectivity index (χ4v) is 4.53. The van der Waals surface area contributed by atoms with Crippen LogP contribution in [0.15, 0.2) is 35.3 Å². The van der Waals surface area contributed by atoms with Crippen molar-refractivity contribution in [1.29, 1.82) is 0 Å². The second-order valence-electron chi connectivity index (χ2n) is 8.51. The largest absolute Gasteiger partial charge is 0.357 e. The summed E-state index contributed by atoms with van der Waals surface area (Å²) in [7, 11) is 0. The van der Waals surface area contributed by atoms with Crippen LogP contribution >= 0.6 is 0 Å². The molecular formula is C24H41N5. The van der Waals surface area contributed by atoms with E-state index in [2.05, 4.69) is 64.2 Å². The monoisotopic (exact) mass is 399 g/mol. The molecule has 0 aromatic heterocycles. The Hall–Kier alpha value is -1.59. The van der Waals surface area contributed by atoms with E-state index in [0.717, 1.165) is 38.1 Å². The number of nitrogens with one attached hydrogen (secondary N) is 1. The molecule has 0 radical (unpaired) electrons. The maximum absolute atomic E-state index is 4.95. The van der Waals surface area contributed by atoms with Crippen molar-refractivity contribution in [2.24, 2.45) is 10.9 Å². The van der Waals surface area contributed by atoms with Crippen molar-refractivity contribution in [2.75, 3.05) is 65.4 Å². The van der Waals surface area contributed by atoms with Crippen LogP contribution in [-0.2, 0) is 6.42 Å². The highest BCUT2D eigenvalue weighted by Gasteiger charge is 2.24. The van der Waals surface area contributed by atoms with Gasteiger partial charge in [-0.1, -0.05) is 37.3 Å². The Kier molecular flexibility index (Phi) is 9.29. The Bertz CT molecular complexity index is 595. The molecule has 5 nitrogen and oxygen atoms in total. The van der Waals surface area contributed by atoms with E-state index in [1.165, 1.54) is 70.5 Å². The van der Waals surface area contributed by atoms with Crippen LogP contribution < -0.4 is 5.32 Å². The van der Waals surface area contributed by atoms with Crippen molar-refractivity contribution in [3.05, 3.63) is 35.9 Å². The standard InChI is InChI=1S/C24H41N5/c1-3-25-24(26-13-8-9-14-28-18-16-27(4-2)17-19-28)29-15-12-23(21-29)20-22-10-6-5-7-11-22/h5-7,10-11,23H,3-4,8-9,12-21H2,1-2H3,(H,25,26). The summed E-state index contributed by atoms with van der Waals surface area (Å²) >= 11 is 0. The summed E-state index contributed by atoms with van der Waals surface area (Å²) in [5.41, 5.74) is 1.46. The zero-order valence-corrected chi connectivity index (χ0v) is 18.7. The van der Waals surface area contributed by atoms with E-state index in [0.29, 0.717) is 0 Å². The van der Waals surface area contributed by atoms with Crippen molar-refractivity contribution in [2.45, 2.75) is 39.5 Å². The number of piperazine rings is 1. The fourth-order valence-electron chi connectivity index (χ4n) is 4.53. The predicted octanol–water partition coefficient (Wildman–Crippen LogP) is 2.93. The van der Waals surface area contributed by atoms with Gasteiger partial charge in [-0.2, -0.15) is 0 Å². The van der Waals surface area contributed by atoms with Gasteiger partial charge in [0.25, 0.3) is 0 Å². The molecule has 2 fully saturated rings. The third-order valence-electron chi connectivity index (χ3n) is 6.34. The summed E-state index contributed by atoms with van der Waals surface area (Å²) in [6.07, 6.45) is 4.89. The number of likely N-dealkylation sites (N-methyl/N-ethyl adjacent to an activating group) is 1. The fraction of sp³-hybridized carbons (Fsp3) is 0.708. The Labute approximate surface area is 178 Å². The summed E-state index contributed by atoms with van der Waals surface area (Å²) in [5.74, 6) is 1.86. The molecule has 5 heteroatoms. The van der Waals surface area contributed by atoms with Crippen LogP contribution in [0.1, 0.15) is 38.7 Å². The maximum atomic E-state index is 4.95. The van der Waals surface area contributed by atoms with Gasteiger partial charge in [0, 0.05) is 52.4 Å². The minimum absolute atomic E-state index is 0.739.